The molecule has 7 atom stereocenters. The molecule has 0 unspecified atom stereocenters. The Hall–Kier alpha value is -1.52. The topological polar surface area (TPSA) is 49.4 Å². The molecule has 1 N–H and O–H groups in total. The van der Waals surface area contributed by atoms with Crippen LogP contribution in [0.3, 0.4) is 0 Å². The molecule has 5 rings (SSSR count). The fourth-order valence-electron chi connectivity index (χ4n) is 8.34. The van der Waals surface area contributed by atoms with E-state index in [1.54, 1.807) is 18.2 Å². The molecule has 4 aliphatic rings. The minimum absolute atomic E-state index is 0.0697. The monoisotopic (exact) mass is 502 g/mol. The van der Waals surface area contributed by atoms with Crippen LogP contribution >= 0.6 is 23.2 Å². The van der Waals surface area contributed by atoms with Crippen LogP contribution in [-0.2, 0) is 16.1 Å². The summed E-state index contributed by atoms with van der Waals surface area (Å²) in [6, 6.07) is 5.72. The Morgan fingerprint density at radius 3 is 2.68 bits per heavy atom. The summed E-state index contributed by atoms with van der Waals surface area (Å²) in [5.74, 6) is 2.67. The first-order chi connectivity index (χ1) is 16.1. The highest BCUT2D eigenvalue weighted by molar-refractivity contribution is 6.35. The molecular weight excluding hydrogens is 467 g/mol. The van der Waals surface area contributed by atoms with Crippen molar-refractivity contribution in [2.24, 2.45) is 34.5 Å². The first-order valence-corrected chi connectivity index (χ1v) is 13.6. The van der Waals surface area contributed by atoms with Crippen LogP contribution in [0, 0.1) is 34.5 Å². The van der Waals surface area contributed by atoms with Gasteiger partial charge in [0, 0.05) is 41.5 Å². The Morgan fingerprint density at radius 2 is 1.91 bits per heavy atom. The summed E-state index contributed by atoms with van der Waals surface area (Å²) in [4.78, 5) is 27.2. The highest BCUT2D eigenvalue weighted by atomic mass is 35.5. The molecule has 4 nitrogen and oxygen atoms in total. The molecular formula is C28H36Cl2N2O2. The van der Waals surface area contributed by atoms with Gasteiger partial charge in [-0.3, -0.25) is 9.59 Å². The molecule has 0 aromatic heterocycles. The lowest BCUT2D eigenvalue weighted by Gasteiger charge is -2.60. The molecule has 1 aliphatic heterocycles. The van der Waals surface area contributed by atoms with E-state index in [4.69, 9.17) is 23.2 Å². The number of nitrogens with zero attached hydrogens (tertiary/aromatic N) is 1. The highest BCUT2D eigenvalue weighted by Crippen LogP contribution is 2.65. The number of fused-ring (bicyclic) bond motifs is 5. The van der Waals surface area contributed by atoms with Crippen molar-refractivity contribution < 1.29 is 9.59 Å². The minimum atomic E-state index is 0.0697. The van der Waals surface area contributed by atoms with Gasteiger partial charge in [-0.25, -0.2) is 0 Å². The second-order valence-corrected chi connectivity index (χ2v) is 12.5. The summed E-state index contributed by atoms with van der Waals surface area (Å²) in [5, 5.41) is 4.29. The van der Waals surface area contributed by atoms with Crippen LogP contribution in [0.2, 0.25) is 10.0 Å². The molecule has 1 aromatic rings. The predicted molar refractivity (Wildman–Crippen MR) is 136 cm³/mol. The van der Waals surface area contributed by atoms with Crippen LogP contribution in [-0.4, -0.2) is 29.8 Å². The second-order valence-electron chi connectivity index (χ2n) is 11.7. The zero-order valence-electron chi connectivity index (χ0n) is 20.4. The quantitative estimate of drug-likeness (QED) is 0.528. The Balaban J connectivity index is 1.26. The summed E-state index contributed by atoms with van der Waals surface area (Å²) < 4.78 is 0. The van der Waals surface area contributed by atoms with Crippen molar-refractivity contribution in [1.82, 2.24) is 10.2 Å². The maximum absolute atomic E-state index is 12.9. The van der Waals surface area contributed by atoms with Gasteiger partial charge in [0.2, 0.25) is 11.8 Å². The Labute approximate surface area is 213 Å². The molecule has 2 amide bonds. The number of benzene rings is 1. The predicted octanol–water partition coefficient (Wildman–Crippen LogP) is 6.26. The molecule has 0 saturated heterocycles. The van der Waals surface area contributed by atoms with E-state index in [2.05, 4.69) is 25.2 Å². The van der Waals surface area contributed by atoms with Crippen molar-refractivity contribution in [3.63, 3.8) is 0 Å². The van der Waals surface area contributed by atoms with Crippen LogP contribution in [0.4, 0.5) is 0 Å². The number of hydrogen-bond acceptors (Lipinski definition) is 2. The van der Waals surface area contributed by atoms with Crippen molar-refractivity contribution in [2.75, 3.05) is 7.05 Å². The molecule has 1 aromatic carbocycles. The largest absolute Gasteiger partial charge is 0.352 e. The molecule has 0 radical (unpaired) electrons. The van der Waals surface area contributed by atoms with E-state index < -0.39 is 0 Å². The number of rotatable bonds is 4. The molecule has 3 saturated carbocycles. The van der Waals surface area contributed by atoms with E-state index in [0.717, 1.165) is 18.4 Å². The number of carbonyl (C=O) groups excluding carboxylic acids is 2. The highest BCUT2D eigenvalue weighted by Gasteiger charge is 2.60. The molecule has 34 heavy (non-hydrogen) atoms. The Kier molecular flexibility index (Phi) is 6.30. The van der Waals surface area contributed by atoms with E-state index in [1.807, 2.05) is 18.0 Å². The van der Waals surface area contributed by atoms with Crippen LogP contribution in [0.15, 0.2) is 30.4 Å². The average molecular weight is 504 g/mol. The molecule has 184 valence electrons. The number of likely N-dealkylation sites (N-methyl/N-ethyl adjacent to an activating group) is 1. The van der Waals surface area contributed by atoms with Crippen LogP contribution in [0.25, 0.3) is 0 Å². The van der Waals surface area contributed by atoms with Gasteiger partial charge in [-0.1, -0.05) is 49.2 Å². The van der Waals surface area contributed by atoms with Crippen molar-refractivity contribution in [2.45, 2.75) is 71.4 Å². The van der Waals surface area contributed by atoms with E-state index in [1.165, 1.54) is 25.7 Å². The van der Waals surface area contributed by atoms with Gasteiger partial charge < -0.3 is 10.2 Å². The summed E-state index contributed by atoms with van der Waals surface area (Å²) in [7, 11) is 1.98. The van der Waals surface area contributed by atoms with Crippen LogP contribution < -0.4 is 5.32 Å². The van der Waals surface area contributed by atoms with Crippen molar-refractivity contribution in [3.05, 3.63) is 46.0 Å². The first kappa shape index (κ1) is 24.2. The zero-order chi connectivity index (χ0) is 24.3. The van der Waals surface area contributed by atoms with Gasteiger partial charge in [-0.15, -0.1) is 0 Å². The van der Waals surface area contributed by atoms with Gasteiger partial charge in [0.1, 0.15) is 0 Å². The van der Waals surface area contributed by atoms with Crippen LogP contribution in [0.5, 0.6) is 0 Å². The van der Waals surface area contributed by atoms with Crippen molar-refractivity contribution in [1.29, 1.82) is 0 Å². The maximum Gasteiger partial charge on any atom is 0.246 e. The number of halogens is 2. The second kappa shape index (κ2) is 8.85. The Morgan fingerprint density at radius 1 is 1.12 bits per heavy atom. The first-order valence-electron chi connectivity index (χ1n) is 12.8. The lowest BCUT2D eigenvalue weighted by molar-refractivity contribution is -0.139. The number of hydrogen-bond donors (Lipinski definition) is 1. The maximum atomic E-state index is 12.9. The smallest absolute Gasteiger partial charge is 0.246 e. The summed E-state index contributed by atoms with van der Waals surface area (Å²) in [6.07, 6.45) is 11.6. The standard InChI is InChI=1S/C28H36Cl2N2O2/c1-27-12-10-22-20(7-9-24-28(22,2)13-11-26(34)32(24)3)21(27)8-5-18(27)14-25(33)31-16-17-4-6-19(29)15-23(17)30/h4,6,11,13,15,18,20-22,24H,5,7-10,12,14,16H2,1-3H3,(H,31,33)/t18-,20+,21+,22+,24-,27-,28-/m1/s1. The van der Waals surface area contributed by atoms with E-state index in [-0.39, 0.29) is 22.6 Å². The van der Waals surface area contributed by atoms with Gasteiger partial charge in [0.25, 0.3) is 0 Å². The zero-order valence-corrected chi connectivity index (χ0v) is 22.0. The lowest BCUT2D eigenvalue weighted by Crippen LogP contribution is -2.59. The third kappa shape index (κ3) is 3.89. The van der Waals surface area contributed by atoms with Gasteiger partial charge in [0.05, 0.1) is 0 Å². The third-order valence-electron chi connectivity index (χ3n) is 10.2. The third-order valence-corrected chi connectivity index (χ3v) is 10.8. The average Bonchev–Trinajstić information content (AvgIpc) is 3.12. The molecule has 3 fully saturated rings. The molecule has 0 bridgehead atoms. The molecule has 1 heterocycles. The fourth-order valence-corrected chi connectivity index (χ4v) is 8.81. The number of nitrogens with one attached hydrogen (secondary N) is 1. The van der Waals surface area contributed by atoms with E-state index in [0.29, 0.717) is 52.7 Å². The van der Waals surface area contributed by atoms with Crippen molar-refractivity contribution >= 4 is 35.0 Å². The van der Waals surface area contributed by atoms with E-state index in [9.17, 15) is 9.59 Å². The molecule has 0 spiro atoms. The molecule has 6 heteroatoms. The lowest BCUT2D eigenvalue weighted by atomic mass is 9.47. The summed E-state index contributed by atoms with van der Waals surface area (Å²) in [6.45, 7) is 5.28. The summed E-state index contributed by atoms with van der Waals surface area (Å²) in [5.41, 5.74) is 1.18. The Bertz CT molecular complexity index is 1030. The van der Waals surface area contributed by atoms with Gasteiger partial charge in [-0.05, 0) is 91.4 Å². The fraction of sp³-hybridized carbons (Fsp3) is 0.643. The van der Waals surface area contributed by atoms with Gasteiger partial charge in [-0.2, -0.15) is 0 Å². The number of amides is 2. The molecule has 3 aliphatic carbocycles. The van der Waals surface area contributed by atoms with Gasteiger partial charge in [0.15, 0.2) is 0 Å². The summed E-state index contributed by atoms with van der Waals surface area (Å²) >= 11 is 12.3. The van der Waals surface area contributed by atoms with E-state index >= 15 is 0 Å². The minimum Gasteiger partial charge on any atom is -0.352 e. The normalized spacial score (nSPS) is 38.8. The van der Waals surface area contributed by atoms with Crippen LogP contribution in [0.1, 0.15) is 64.4 Å². The van der Waals surface area contributed by atoms with Gasteiger partial charge >= 0.3 is 0 Å². The number of carbonyl (C=O) groups is 2. The van der Waals surface area contributed by atoms with Crippen molar-refractivity contribution in [3.8, 4) is 0 Å². The SMILES string of the molecule is CN1C(=O)C=C[C@]2(C)[C@H]3CC[C@]4(C)[C@@H](CC(=O)NCc5ccc(Cl)cc5Cl)CC[C@H]4[C@@H]3CC[C@@H]12.